The molecule has 1 aliphatic rings. The molecule has 79 valence electrons. The van der Waals surface area contributed by atoms with Gasteiger partial charge in [-0.2, -0.15) is 0 Å². The van der Waals surface area contributed by atoms with Crippen LogP contribution in [0.3, 0.4) is 0 Å². The number of nitrogens with zero attached hydrogens (tertiary/aromatic N) is 1. The second-order valence-corrected chi connectivity index (χ2v) is 3.06. The van der Waals surface area contributed by atoms with Gasteiger partial charge in [0, 0.05) is 39.1 Å². The zero-order valence-corrected chi connectivity index (χ0v) is 11.5. The Morgan fingerprint density at radius 1 is 1.60 bits per heavy atom. The minimum atomic E-state index is -2.37. The summed E-state index contributed by atoms with van der Waals surface area (Å²) in [7, 11) is 1.74. The third-order valence-corrected chi connectivity index (χ3v) is 1.94. The first-order valence-electron chi connectivity index (χ1n) is 4.22. The van der Waals surface area contributed by atoms with Crippen molar-refractivity contribution in [3.05, 3.63) is 48.4 Å². The van der Waals surface area contributed by atoms with Gasteiger partial charge in [0.05, 0.1) is 0 Å². The molecule has 0 spiro atoms. The Kier molecular flexibility index (Phi) is 6.22. The van der Waals surface area contributed by atoms with E-state index in [2.05, 4.69) is 19.4 Å². The molecule has 1 radical (unpaired) electrons. The molecule has 1 nitrogen and oxygen atoms in total. The van der Waals surface area contributed by atoms with Crippen LogP contribution in [0.1, 0.15) is 6.42 Å². The second-order valence-electron chi connectivity index (χ2n) is 3.06. The molecule has 4 heteroatoms. The fourth-order valence-corrected chi connectivity index (χ4v) is 1.27. The quantitative estimate of drug-likeness (QED) is 0.721. The van der Waals surface area contributed by atoms with Crippen LogP contribution in [0.15, 0.2) is 42.2 Å². The van der Waals surface area contributed by atoms with E-state index in [-0.39, 0.29) is 39.1 Å². The summed E-state index contributed by atoms with van der Waals surface area (Å²) in [5.41, 5.74) is 1.79. The number of rotatable bonds is 3. The van der Waals surface area contributed by atoms with E-state index in [0.29, 0.717) is 11.1 Å². The molecule has 0 fully saturated rings. The summed E-state index contributed by atoms with van der Waals surface area (Å²) < 4.78 is 24.4. The number of alkyl halides is 2. The standard InChI is InChI=1S/C11H12F2N.Y/c1-4-9-6-14(3)7-10(8(9)2)5-11(12)13;/h4,6,11H,1-2,5H2,3H3;/q-1;. The van der Waals surface area contributed by atoms with Gasteiger partial charge in [-0.1, -0.05) is 18.5 Å². The summed E-state index contributed by atoms with van der Waals surface area (Å²) in [6.07, 6.45) is 3.48. The van der Waals surface area contributed by atoms with Crippen LogP contribution in [-0.4, -0.2) is 18.4 Å². The van der Waals surface area contributed by atoms with Gasteiger partial charge in [-0.3, -0.25) is 0 Å². The first-order chi connectivity index (χ1) is 6.54. The molecule has 0 aromatic heterocycles. The van der Waals surface area contributed by atoms with Gasteiger partial charge in [-0.25, -0.2) is 8.78 Å². The van der Waals surface area contributed by atoms with Gasteiger partial charge in [0.15, 0.2) is 0 Å². The zero-order chi connectivity index (χ0) is 10.7. The summed E-state index contributed by atoms with van der Waals surface area (Å²) in [6.45, 7) is 7.33. The van der Waals surface area contributed by atoms with Gasteiger partial charge < -0.3 is 4.90 Å². The van der Waals surface area contributed by atoms with Crippen molar-refractivity contribution in [2.75, 3.05) is 7.05 Å². The van der Waals surface area contributed by atoms with Gasteiger partial charge in [-0.05, 0) is 7.05 Å². The Balaban J connectivity index is 0.00000196. The molecule has 0 unspecified atom stereocenters. The van der Waals surface area contributed by atoms with E-state index in [9.17, 15) is 8.78 Å². The summed E-state index contributed by atoms with van der Waals surface area (Å²) in [4.78, 5) is 1.61. The predicted molar refractivity (Wildman–Crippen MR) is 52.6 cm³/mol. The molecule has 0 N–H and O–H groups in total. The number of hydrogen-bond donors (Lipinski definition) is 0. The molecule has 0 saturated carbocycles. The monoisotopic (exact) mass is 285 g/mol. The van der Waals surface area contributed by atoms with Gasteiger partial charge >= 0.3 is 0 Å². The molecule has 0 atom stereocenters. The smallest absolute Gasteiger partial charge is 0.240 e. The Morgan fingerprint density at radius 2 is 2.20 bits per heavy atom. The van der Waals surface area contributed by atoms with Gasteiger partial charge in [0.1, 0.15) is 0 Å². The van der Waals surface area contributed by atoms with E-state index in [1.165, 1.54) is 0 Å². The van der Waals surface area contributed by atoms with Crippen LogP contribution in [-0.2, 0) is 32.7 Å². The summed E-state index contributed by atoms with van der Waals surface area (Å²) in [5, 5.41) is 0. The van der Waals surface area contributed by atoms with E-state index < -0.39 is 6.43 Å². The average molecular weight is 285 g/mol. The Morgan fingerprint density at radius 3 is 2.67 bits per heavy atom. The predicted octanol–water partition coefficient (Wildman–Crippen LogP) is 2.90. The molecular formula is C11H12F2NY-. The number of allylic oxidation sites excluding steroid dienone is 4. The maximum absolute atomic E-state index is 12.2. The molecule has 0 bridgehead atoms. The normalized spacial score (nSPS) is 15.7. The molecule has 0 saturated heterocycles. The molecule has 15 heavy (non-hydrogen) atoms. The maximum atomic E-state index is 12.2. The minimum absolute atomic E-state index is 0. The first kappa shape index (κ1) is 14.7. The first-order valence-corrected chi connectivity index (χ1v) is 4.22. The molecule has 0 aromatic rings. The SMILES string of the molecule is C=CC1=CN(C)[C-]=C(CC(F)F)C1=C.[Y]. The average Bonchev–Trinajstić information content (AvgIpc) is 2.09. The van der Waals surface area contributed by atoms with Crippen LogP contribution in [0, 0.1) is 6.20 Å². The van der Waals surface area contributed by atoms with Crippen molar-refractivity contribution < 1.29 is 41.5 Å². The maximum Gasteiger partial charge on any atom is 0.240 e. The van der Waals surface area contributed by atoms with Crippen molar-refractivity contribution >= 4 is 0 Å². The topological polar surface area (TPSA) is 3.24 Å². The van der Waals surface area contributed by atoms with Gasteiger partial charge in [0.2, 0.25) is 6.43 Å². The Labute approximate surface area is 114 Å². The van der Waals surface area contributed by atoms with Crippen LogP contribution >= 0.6 is 0 Å². The van der Waals surface area contributed by atoms with E-state index in [4.69, 9.17) is 0 Å². The Hall–Kier alpha value is -0.276. The van der Waals surface area contributed by atoms with E-state index in [1.54, 1.807) is 24.2 Å². The largest absolute Gasteiger partial charge is 0.463 e. The van der Waals surface area contributed by atoms with Crippen LogP contribution in [0.25, 0.3) is 0 Å². The zero-order valence-electron chi connectivity index (χ0n) is 8.63. The van der Waals surface area contributed by atoms with Crippen LogP contribution in [0.5, 0.6) is 0 Å². The van der Waals surface area contributed by atoms with Crippen molar-refractivity contribution in [1.29, 1.82) is 0 Å². The van der Waals surface area contributed by atoms with Crippen molar-refractivity contribution in [3.8, 4) is 0 Å². The molecule has 1 rings (SSSR count). The molecule has 0 aliphatic carbocycles. The van der Waals surface area contributed by atoms with Crippen molar-refractivity contribution in [2.45, 2.75) is 12.8 Å². The van der Waals surface area contributed by atoms with E-state index in [0.717, 1.165) is 5.57 Å². The molecule has 1 heterocycles. The van der Waals surface area contributed by atoms with E-state index >= 15 is 0 Å². The van der Waals surface area contributed by atoms with Gasteiger partial charge in [0.25, 0.3) is 0 Å². The third-order valence-electron chi connectivity index (χ3n) is 1.94. The van der Waals surface area contributed by atoms with Crippen molar-refractivity contribution in [3.63, 3.8) is 0 Å². The fraction of sp³-hybridized carbons (Fsp3) is 0.273. The van der Waals surface area contributed by atoms with Crippen molar-refractivity contribution in [1.82, 2.24) is 4.90 Å². The molecule has 0 amide bonds. The van der Waals surface area contributed by atoms with Crippen LogP contribution in [0.2, 0.25) is 0 Å². The molecular weight excluding hydrogens is 273 g/mol. The van der Waals surface area contributed by atoms with E-state index in [1.807, 2.05) is 0 Å². The third kappa shape index (κ3) is 4.00. The molecule has 0 aromatic carbocycles. The second kappa shape index (κ2) is 6.34. The summed E-state index contributed by atoms with van der Waals surface area (Å²) in [6, 6.07) is 0. The van der Waals surface area contributed by atoms with Gasteiger partial charge in [-0.15, -0.1) is 29.9 Å². The summed E-state index contributed by atoms with van der Waals surface area (Å²) in [5.74, 6) is 0. The fourth-order valence-electron chi connectivity index (χ4n) is 1.27. The number of hydrogen-bond acceptors (Lipinski definition) is 1. The summed E-state index contributed by atoms with van der Waals surface area (Å²) >= 11 is 0. The van der Waals surface area contributed by atoms with Crippen LogP contribution < -0.4 is 0 Å². The Bertz CT molecular complexity index is 319. The van der Waals surface area contributed by atoms with Crippen molar-refractivity contribution in [2.24, 2.45) is 0 Å². The minimum Gasteiger partial charge on any atom is -0.463 e. The van der Waals surface area contributed by atoms with Crippen LogP contribution in [0.4, 0.5) is 8.78 Å². The number of halogens is 2. The molecule has 1 aliphatic heterocycles.